The number of carbonyl (C=O) groups excluding carboxylic acids is 1. The molecule has 0 saturated carbocycles. The van der Waals surface area contributed by atoms with E-state index in [2.05, 4.69) is 18.9 Å². The molecule has 128 valence electrons. The first-order chi connectivity index (χ1) is 9.66. The third kappa shape index (κ3) is 4.15. The first kappa shape index (κ1) is 21.2. The number of carbonyl (C=O) groups is 1. The summed E-state index contributed by atoms with van der Waals surface area (Å²) in [6, 6.07) is 2.23. The number of amides is 1. The van der Waals surface area contributed by atoms with Gasteiger partial charge in [-0.3, -0.25) is 9.48 Å². The number of aromatic nitrogens is 2. The molecule has 0 bridgehead atoms. The number of hydrogen-bond donors (Lipinski definition) is 1. The van der Waals surface area contributed by atoms with Crippen molar-refractivity contribution >= 4 is 30.7 Å². The Balaban J connectivity index is 0.00000220. The average molecular weight is 351 g/mol. The zero-order valence-corrected chi connectivity index (χ0v) is 15.0. The van der Waals surface area contributed by atoms with Crippen LogP contribution in [0.4, 0.5) is 0 Å². The van der Waals surface area contributed by atoms with E-state index >= 15 is 0 Å². The zero-order chi connectivity index (χ0) is 14.6. The lowest BCUT2D eigenvalue weighted by molar-refractivity contribution is -0.144. The zero-order valence-electron chi connectivity index (χ0n) is 13.4. The highest BCUT2D eigenvalue weighted by molar-refractivity contribution is 5.85. The molecule has 1 saturated heterocycles. The van der Waals surface area contributed by atoms with Gasteiger partial charge in [0, 0.05) is 32.0 Å². The van der Waals surface area contributed by atoms with Gasteiger partial charge < -0.3 is 10.6 Å². The Hall–Kier alpha value is -0.780. The minimum atomic E-state index is -0.383. The molecular weight excluding hydrogens is 323 g/mol. The Morgan fingerprint density at radius 1 is 1.36 bits per heavy atom. The minimum Gasteiger partial charge on any atom is -0.340 e. The van der Waals surface area contributed by atoms with Gasteiger partial charge in [0.2, 0.25) is 5.91 Å². The summed E-state index contributed by atoms with van der Waals surface area (Å²) in [7, 11) is 0. The molecule has 1 fully saturated rings. The van der Waals surface area contributed by atoms with Crippen molar-refractivity contribution < 1.29 is 4.79 Å². The van der Waals surface area contributed by atoms with E-state index in [1.807, 2.05) is 21.8 Å². The first-order valence-electron chi connectivity index (χ1n) is 7.65. The second-order valence-corrected chi connectivity index (χ2v) is 5.72. The molecule has 1 atom stereocenters. The number of rotatable bonds is 5. The predicted octanol–water partition coefficient (Wildman–Crippen LogP) is 2.66. The number of nitrogens with two attached hydrogens (primary N) is 1. The van der Waals surface area contributed by atoms with E-state index in [0.29, 0.717) is 12.6 Å². The molecule has 0 aromatic carbocycles. The highest BCUT2D eigenvalue weighted by atomic mass is 35.5. The van der Waals surface area contributed by atoms with Crippen LogP contribution in [-0.4, -0.2) is 40.2 Å². The fourth-order valence-electron chi connectivity index (χ4n) is 3.12. The molecule has 7 heteroatoms. The van der Waals surface area contributed by atoms with Gasteiger partial charge in [0.05, 0.1) is 11.5 Å². The monoisotopic (exact) mass is 350 g/mol. The van der Waals surface area contributed by atoms with Gasteiger partial charge in [0.1, 0.15) is 0 Å². The van der Waals surface area contributed by atoms with Gasteiger partial charge in [-0.2, -0.15) is 5.10 Å². The van der Waals surface area contributed by atoms with E-state index in [1.54, 1.807) is 6.20 Å². The summed E-state index contributed by atoms with van der Waals surface area (Å²) in [5.41, 5.74) is 5.52. The van der Waals surface area contributed by atoms with Crippen molar-refractivity contribution in [1.82, 2.24) is 14.7 Å². The highest BCUT2D eigenvalue weighted by Crippen LogP contribution is 2.31. The van der Waals surface area contributed by atoms with Crippen molar-refractivity contribution in [3.8, 4) is 0 Å². The molecule has 1 aromatic rings. The maximum atomic E-state index is 12.8. The van der Waals surface area contributed by atoms with E-state index in [-0.39, 0.29) is 36.1 Å². The van der Waals surface area contributed by atoms with Crippen LogP contribution in [0.1, 0.15) is 45.6 Å². The van der Waals surface area contributed by atoms with Crippen LogP contribution in [0.15, 0.2) is 18.5 Å². The van der Waals surface area contributed by atoms with Crippen LogP contribution in [0.3, 0.4) is 0 Å². The SMILES string of the molecule is CCC(CC)(CN)C(=O)N1CCCC(n2cccn2)C1.Cl.Cl. The van der Waals surface area contributed by atoms with Crippen LogP contribution in [0, 0.1) is 5.41 Å². The molecular formula is C15H28Cl2N4O. The Labute approximate surface area is 145 Å². The number of piperidine rings is 1. The summed E-state index contributed by atoms with van der Waals surface area (Å²) < 4.78 is 1.97. The van der Waals surface area contributed by atoms with Crippen LogP contribution in [-0.2, 0) is 4.79 Å². The second-order valence-electron chi connectivity index (χ2n) is 5.72. The molecule has 1 aromatic heterocycles. The smallest absolute Gasteiger partial charge is 0.230 e. The molecule has 1 amide bonds. The van der Waals surface area contributed by atoms with E-state index in [1.165, 1.54) is 0 Å². The van der Waals surface area contributed by atoms with Crippen LogP contribution in [0.25, 0.3) is 0 Å². The van der Waals surface area contributed by atoms with Crippen LogP contribution in [0.5, 0.6) is 0 Å². The standard InChI is InChI=1S/C15H26N4O.2ClH/c1-3-15(4-2,12-16)14(20)18-9-5-7-13(11-18)19-10-6-8-17-19;;/h6,8,10,13H,3-5,7,9,11-12,16H2,1-2H3;2*1H. The number of hydrogen-bond acceptors (Lipinski definition) is 3. The Morgan fingerprint density at radius 2 is 2.05 bits per heavy atom. The molecule has 0 aliphatic carbocycles. The number of halogens is 2. The maximum Gasteiger partial charge on any atom is 0.230 e. The molecule has 0 spiro atoms. The van der Waals surface area contributed by atoms with Gasteiger partial charge in [0.25, 0.3) is 0 Å². The summed E-state index contributed by atoms with van der Waals surface area (Å²) in [4.78, 5) is 14.8. The van der Waals surface area contributed by atoms with Gasteiger partial charge in [0.15, 0.2) is 0 Å². The minimum absolute atomic E-state index is 0. The van der Waals surface area contributed by atoms with E-state index < -0.39 is 0 Å². The lowest BCUT2D eigenvalue weighted by Crippen LogP contribution is -2.51. The van der Waals surface area contributed by atoms with Crippen LogP contribution in [0.2, 0.25) is 0 Å². The fourth-order valence-corrected chi connectivity index (χ4v) is 3.12. The molecule has 0 radical (unpaired) electrons. The maximum absolute atomic E-state index is 12.8. The molecule has 1 aliphatic heterocycles. The number of nitrogens with zero attached hydrogens (tertiary/aromatic N) is 3. The van der Waals surface area contributed by atoms with Crippen molar-refractivity contribution in [2.75, 3.05) is 19.6 Å². The van der Waals surface area contributed by atoms with Gasteiger partial charge in [-0.05, 0) is 31.7 Å². The Morgan fingerprint density at radius 3 is 2.55 bits per heavy atom. The lowest BCUT2D eigenvalue weighted by Gasteiger charge is -2.39. The van der Waals surface area contributed by atoms with Crippen molar-refractivity contribution in [2.24, 2.45) is 11.1 Å². The Bertz CT molecular complexity index is 426. The summed E-state index contributed by atoms with van der Waals surface area (Å²) in [5, 5.41) is 4.31. The summed E-state index contributed by atoms with van der Waals surface area (Å²) in [5.74, 6) is 0.224. The van der Waals surface area contributed by atoms with Crippen LogP contribution >= 0.6 is 24.8 Å². The first-order valence-corrected chi connectivity index (χ1v) is 7.65. The van der Waals surface area contributed by atoms with E-state index in [9.17, 15) is 4.79 Å². The van der Waals surface area contributed by atoms with Gasteiger partial charge >= 0.3 is 0 Å². The largest absolute Gasteiger partial charge is 0.340 e. The summed E-state index contributed by atoms with van der Waals surface area (Å²) in [6.45, 7) is 6.15. The molecule has 1 aliphatic rings. The van der Waals surface area contributed by atoms with Gasteiger partial charge in [-0.25, -0.2) is 0 Å². The molecule has 5 nitrogen and oxygen atoms in total. The van der Waals surface area contributed by atoms with Crippen molar-refractivity contribution in [1.29, 1.82) is 0 Å². The Kier molecular flexibility index (Phi) is 9.05. The average Bonchev–Trinajstić information content (AvgIpc) is 3.04. The summed E-state index contributed by atoms with van der Waals surface area (Å²) in [6.07, 6.45) is 7.50. The number of likely N-dealkylation sites (tertiary alicyclic amines) is 1. The van der Waals surface area contributed by atoms with Gasteiger partial charge in [-0.15, -0.1) is 24.8 Å². The van der Waals surface area contributed by atoms with E-state index in [4.69, 9.17) is 5.73 Å². The molecule has 2 heterocycles. The molecule has 1 unspecified atom stereocenters. The fraction of sp³-hybridized carbons (Fsp3) is 0.733. The third-order valence-corrected chi connectivity index (χ3v) is 4.78. The molecule has 22 heavy (non-hydrogen) atoms. The van der Waals surface area contributed by atoms with Crippen molar-refractivity contribution in [3.63, 3.8) is 0 Å². The molecule has 2 rings (SSSR count). The quantitative estimate of drug-likeness (QED) is 0.887. The van der Waals surface area contributed by atoms with Crippen molar-refractivity contribution in [2.45, 2.75) is 45.6 Å². The third-order valence-electron chi connectivity index (χ3n) is 4.78. The second kappa shape index (κ2) is 9.38. The highest BCUT2D eigenvalue weighted by Gasteiger charge is 2.38. The summed E-state index contributed by atoms with van der Waals surface area (Å²) >= 11 is 0. The van der Waals surface area contributed by atoms with E-state index in [0.717, 1.165) is 38.8 Å². The normalized spacial score (nSPS) is 18.3. The van der Waals surface area contributed by atoms with Crippen LogP contribution < -0.4 is 5.73 Å². The predicted molar refractivity (Wildman–Crippen MR) is 93.6 cm³/mol. The molecule has 2 N–H and O–H groups in total. The topological polar surface area (TPSA) is 64.2 Å². The van der Waals surface area contributed by atoms with Crippen molar-refractivity contribution in [3.05, 3.63) is 18.5 Å². The van der Waals surface area contributed by atoms with Gasteiger partial charge in [-0.1, -0.05) is 13.8 Å². The lowest BCUT2D eigenvalue weighted by atomic mass is 9.80.